The van der Waals surface area contributed by atoms with Gasteiger partial charge in [0.05, 0.1) is 23.3 Å². The Bertz CT molecular complexity index is 1010. The molecular weight excluding hydrogens is 325 g/mol. The van der Waals surface area contributed by atoms with Crippen LogP contribution < -0.4 is 0 Å². The molecule has 0 fully saturated rings. The van der Waals surface area contributed by atoms with Crippen molar-refractivity contribution in [2.45, 2.75) is 5.16 Å². The normalized spacial score (nSPS) is 11.1. The van der Waals surface area contributed by atoms with Gasteiger partial charge in [0.2, 0.25) is 0 Å². The molecule has 0 radical (unpaired) electrons. The summed E-state index contributed by atoms with van der Waals surface area (Å²) in [6, 6.07) is 8.12. The fourth-order valence-electron chi connectivity index (χ4n) is 2.53. The number of hydrogen-bond acceptors (Lipinski definition) is 5. The molecule has 0 bridgehead atoms. The molecule has 0 aliphatic rings. The lowest BCUT2D eigenvalue weighted by atomic mass is 10.1. The van der Waals surface area contributed by atoms with Crippen LogP contribution in [0.3, 0.4) is 0 Å². The van der Waals surface area contributed by atoms with Crippen LogP contribution in [0, 0.1) is 5.82 Å². The molecule has 1 aromatic carbocycles. The van der Waals surface area contributed by atoms with Crippen molar-refractivity contribution < 1.29 is 4.39 Å². The van der Waals surface area contributed by atoms with E-state index in [1.165, 1.54) is 23.9 Å². The summed E-state index contributed by atoms with van der Waals surface area (Å²) in [7, 11) is 0. The summed E-state index contributed by atoms with van der Waals surface area (Å²) >= 11 is 1.48. The van der Waals surface area contributed by atoms with Crippen LogP contribution in [0.2, 0.25) is 0 Å². The van der Waals surface area contributed by atoms with Gasteiger partial charge in [-0.05, 0) is 36.6 Å². The lowest BCUT2D eigenvalue weighted by molar-refractivity contribution is 0.628. The zero-order chi connectivity index (χ0) is 16.5. The van der Waals surface area contributed by atoms with Gasteiger partial charge in [0.25, 0.3) is 0 Å². The molecule has 0 spiro atoms. The number of benzene rings is 1. The fraction of sp³-hybridized carbons (Fsp3) is 0.0588. The van der Waals surface area contributed by atoms with Gasteiger partial charge in [-0.25, -0.2) is 19.3 Å². The number of fused-ring (bicyclic) bond motifs is 1. The van der Waals surface area contributed by atoms with Crippen LogP contribution in [-0.2, 0) is 0 Å². The third-order valence-electron chi connectivity index (χ3n) is 3.61. The highest BCUT2D eigenvalue weighted by atomic mass is 32.2. The van der Waals surface area contributed by atoms with Gasteiger partial charge >= 0.3 is 0 Å². The average molecular weight is 337 g/mol. The molecule has 3 aromatic heterocycles. The molecule has 0 amide bonds. The minimum Gasteiger partial charge on any atom is -0.295 e. The smallest absolute Gasteiger partial charge is 0.187 e. The first-order chi connectivity index (χ1) is 11.8. The number of hydrogen-bond donors (Lipinski definition) is 0. The summed E-state index contributed by atoms with van der Waals surface area (Å²) in [5, 5.41) is 0.682. The highest BCUT2D eigenvalue weighted by molar-refractivity contribution is 7.98. The number of aromatic nitrogens is 5. The van der Waals surface area contributed by atoms with E-state index in [1.807, 2.05) is 22.9 Å². The quantitative estimate of drug-likeness (QED) is 0.421. The molecule has 7 heteroatoms. The SMILES string of the molecule is CSc1nccc(-c2c(-c3ccc(F)cc3)nc3cnccn23)n1. The van der Waals surface area contributed by atoms with E-state index in [1.54, 1.807) is 30.7 Å². The highest BCUT2D eigenvalue weighted by Crippen LogP contribution is 2.32. The monoisotopic (exact) mass is 337 g/mol. The van der Waals surface area contributed by atoms with Crippen LogP contribution in [0.25, 0.3) is 28.3 Å². The maximum absolute atomic E-state index is 13.3. The molecule has 24 heavy (non-hydrogen) atoms. The number of nitrogens with zero attached hydrogens (tertiary/aromatic N) is 5. The summed E-state index contributed by atoms with van der Waals surface area (Å²) in [5.74, 6) is -0.280. The van der Waals surface area contributed by atoms with Crippen molar-refractivity contribution in [1.29, 1.82) is 0 Å². The molecule has 0 unspecified atom stereocenters. The van der Waals surface area contributed by atoms with E-state index in [0.717, 1.165) is 22.6 Å². The van der Waals surface area contributed by atoms with Crippen molar-refractivity contribution >= 4 is 17.4 Å². The summed E-state index contributed by atoms with van der Waals surface area (Å²) in [6.07, 6.45) is 8.88. The maximum atomic E-state index is 13.3. The Hall–Kier alpha value is -2.80. The van der Waals surface area contributed by atoms with Crippen molar-refractivity contribution in [2.75, 3.05) is 6.26 Å². The lowest BCUT2D eigenvalue weighted by Crippen LogP contribution is -1.95. The van der Waals surface area contributed by atoms with Gasteiger partial charge in [0.15, 0.2) is 10.8 Å². The molecule has 3 heterocycles. The van der Waals surface area contributed by atoms with E-state index in [2.05, 4.69) is 19.9 Å². The fourth-order valence-corrected chi connectivity index (χ4v) is 2.89. The van der Waals surface area contributed by atoms with E-state index in [4.69, 9.17) is 0 Å². The molecule has 0 N–H and O–H groups in total. The van der Waals surface area contributed by atoms with E-state index in [-0.39, 0.29) is 5.82 Å². The Balaban J connectivity index is 2.01. The first-order valence-corrected chi connectivity index (χ1v) is 8.44. The zero-order valence-corrected chi connectivity index (χ0v) is 13.5. The highest BCUT2D eigenvalue weighted by Gasteiger charge is 2.17. The van der Waals surface area contributed by atoms with Crippen LogP contribution >= 0.6 is 11.8 Å². The Morgan fingerprint density at radius 3 is 2.67 bits per heavy atom. The summed E-state index contributed by atoms with van der Waals surface area (Å²) in [5.41, 5.74) is 3.84. The van der Waals surface area contributed by atoms with Crippen molar-refractivity contribution in [1.82, 2.24) is 24.3 Å². The maximum Gasteiger partial charge on any atom is 0.187 e. The Morgan fingerprint density at radius 1 is 1.04 bits per heavy atom. The molecule has 0 saturated heterocycles. The lowest BCUT2D eigenvalue weighted by Gasteiger charge is -2.06. The molecule has 118 valence electrons. The van der Waals surface area contributed by atoms with Gasteiger partial charge in [-0.3, -0.25) is 9.38 Å². The molecule has 5 nitrogen and oxygen atoms in total. The van der Waals surface area contributed by atoms with E-state index in [9.17, 15) is 4.39 Å². The number of halogens is 1. The topological polar surface area (TPSA) is 56.0 Å². The first-order valence-electron chi connectivity index (χ1n) is 7.21. The van der Waals surface area contributed by atoms with Crippen molar-refractivity contribution in [3.63, 3.8) is 0 Å². The molecular formula is C17H12FN5S. The predicted molar refractivity (Wildman–Crippen MR) is 91.2 cm³/mol. The standard InChI is InChI=1S/C17H12FN5S/c1-24-17-20-7-6-13(21-17)16-15(11-2-4-12(18)5-3-11)22-14-10-19-8-9-23(14)16/h2-10H,1H3. The largest absolute Gasteiger partial charge is 0.295 e. The van der Waals surface area contributed by atoms with E-state index >= 15 is 0 Å². The van der Waals surface area contributed by atoms with Gasteiger partial charge < -0.3 is 0 Å². The molecule has 0 atom stereocenters. The van der Waals surface area contributed by atoms with Crippen molar-refractivity contribution in [2.24, 2.45) is 0 Å². The van der Waals surface area contributed by atoms with Crippen molar-refractivity contribution in [3.8, 4) is 22.6 Å². The minimum atomic E-state index is -0.280. The Labute approximate surface area is 141 Å². The third-order valence-corrected chi connectivity index (χ3v) is 4.17. The van der Waals surface area contributed by atoms with Gasteiger partial charge in [0.1, 0.15) is 5.82 Å². The average Bonchev–Trinajstić information content (AvgIpc) is 3.02. The zero-order valence-electron chi connectivity index (χ0n) is 12.7. The second-order valence-electron chi connectivity index (χ2n) is 5.05. The molecule has 0 saturated carbocycles. The second kappa shape index (κ2) is 6.01. The van der Waals surface area contributed by atoms with Crippen LogP contribution in [0.1, 0.15) is 0 Å². The van der Waals surface area contributed by atoms with Crippen molar-refractivity contribution in [3.05, 3.63) is 60.9 Å². The van der Waals surface area contributed by atoms with Gasteiger partial charge in [-0.15, -0.1) is 0 Å². The summed E-state index contributed by atoms with van der Waals surface area (Å²) < 4.78 is 15.2. The van der Waals surface area contributed by atoms with Crippen LogP contribution in [0.5, 0.6) is 0 Å². The molecule has 0 aliphatic carbocycles. The van der Waals surface area contributed by atoms with Crippen LogP contribution in [0.4, 0.5) is 4.39 Å². The molecule has 4 aromatic rings. The van der Waals surface area contributed by atoms with Crippen LogP contribution in [-0.4, -0.2) is 30.6 Å². The van der Waals surface area contributed by atoms with Gasteiger partial charge in [0, 0.05) is 24.2 Å². The third kappa shape index (κ3) is 2.52. The summed E-state index contributed by atoms with van der Waals surface area (Å²) in [4.78, 5) is 17.6. The number of imidazole rings is 1. The Kier molecular flexibility index (Phi) is 3.70. The number of rotatable bonds is 3. The Morgan fingerprint density at radius 2 is 1.88 bits per heavy atom. The van der Waals surface area contributed by atoms with E-state index < -0.39 is 0 Å². The number of thioether (sulfide) groups is 1. The van der Waals surface area contributed by atoms with Gasteiger partial charge in [-0.1, -0.05) is 11.8 Å². The molecule has 4 rings (SSSR count). The molecule has 0 aliphatic heterocycles. The first kappa shape index (κ1) is 14.8. The minimum absolute atomic E-state index is 0.280. The van der Waals surface area contributed by atoms with Crippen LogP contribution in [0.15, 0.2) is 60.3 Å². The summed E-state index contributed by atoms with van der Waals surface area (Å²) in [6.45, 7) is 0. The van der Waals surface area contributed by atoms with Gasteiger partial charge in [-0.2, -0.15) is 0 Å². The predicted octanol–water partition coefficient (Wildman–Crippen LogP) is 3.71. The second-order valence-corrected chi connectivity index (χ2v) is 5.82. The van der Waals surface area contributed by atoms with E-state index in [0.29, 0.717) is 10.8 Å².